The first-order chi connectivity index (χ1) is 11.2. The van der Waals surface area contributed by atoms with E-state index in [-0.39, 0.29) is 11.9 Å². The van der Waals surface area contributed by atoms with Gasteiger partial charge in [-0.2, -0.15) is 0 Å². The lowest BCUT2D eigenvalue weighted by molar-refractivity contribution is 0.0927. The van der Waals surface area contributed by atoms with Crippen molar-refractivity contribution in [2.24, 2.45) is 13.0 Å². The highest BCUT2D eigenvalue weighted by atomic mass is 16.6. The summed E-state index contributed by atoms with van der Waals surface area (Å²) < 4.78 is 13.0. The van der Waals surface area contributed by atoms with E-state index < -0.39 is 0 Å². The lowest BCUT2D eigenvalue weighted by Crippen LogP contribution is -2.31. The minimum absolute atomic E-state index is 0.0456. The van der Waals surface area contributed by atoms with E-state index in [9.17, 15) is 4.79 Å². The number of imidazole rings is 1. The van der Waals surface area contributed by atoms with Crippen LogP contribution in [-0.2, 0) is 7.05 Å². The zero-order valence-corrected chi connectivity index (χ0v) is 13.0. The second-order valence-corrected chi connectivity index (χ2v) is 6.04. The predicted octanol–water partition coefficient (Wildman–Crippen LogP) is 2.07. The molecule has 1 aliphatic carbocycles. The smallest absolute Gasteiger partial charge is 0.252 e. The van der Waals surface area contributed by atoms with E-state index in [0.717, 1.165) is 18.7 Å². The summed E-state index contributed by atoms with van der Waals surface area (Å²) in [4.78, 5) is 17.0. The second kappa shape index (κ2) is 5.61. The van der Waals surface area contributed by atoms with Gasteiger partial charge in [-0.25, -0.2) is 4.98 Å². The number of fused-ring (bicyclic) bond motifs is 1. The first-order valence-corrected chi connectivity index (χ1v) is 7.90. The molecule has 0 spiro atoms. The van der Waals surface area contributed by atoms with Crippen LogP contribution in [0.4, 0.5) is 0 Å². The summed E-state index contributed by atoms with van der Waals surface area (Å²) in [6, 6.07) is 5.25. The van der Waals surface area contributed by atoms with Crippen LogP contribution in [0.3, 0.4) is 0 Å². The lowest BCUT2D eigenvalue weighted by atomic mass is 10.1. The van der Waals surface area contributed by atoms with E-state index in [1.54, 1.807) is 24.4 Å². The van der Waals surface area contributed by atoms with Gasteiger partial charge in [0, 0.05) is 25.0 Å². The fourth-order valence-electron chi connectivity index (χ4n) is 2.91. The standard InChI is InChI=1S/C17H19N3O3/c1-20-7-6-18-16(20)15(11-2-3-11)19-17(21)12-4-5-13-14(10-12)23-9-8-22-13/h4-7,10-11,15H,2-3,8-9H2,1H3,(H,19,21)/t15-/m1/s1. The Kier molecular flexibility index (Phi) is 3.44. The van der Waals surface area contributed by atoms with Crippen LogP contribution in [0.2, 0.25) is 0 Å². The molecule has 0 unspecified atom stereocenters. The summed E-state index contributed by atoms with van der Waals surface area (Å²) >= 11 is 0. The Bertz CT molecular complexity index is 736. The fourth-order valence-corrected chi connectivity index (χ4v) is 2.91. The molecule has 1 N–H and O–H groups in total. The van der Waals surface area contributed by atoms with Gasteiger partial charge in [0.2, 0.25) is 0 Å². The van der Waals surface area contributed by atoms with Gasteiger partial charge in [0.1, 0.15) is 19.0 Å². The monoisotopic (exact) mass is 313 g/mol. The molecule has 1 aromatic heterocycles. The highest BCUT2D eigenvalue weighted by Gasteiger charge is 2.36. The highest BCUT2D eigenvalue weighted by molar-refractivity contribution is 5.95. The molecule has 1 saturated carbocycles. The summed E-state index contributed by atoms with van der Waals surface area (Å²) in [5, 5.41) is 3.13. The number of carbonyl (C=O) groups excluding carboxylic acids is 1. The average molecular weight is 313 g/mol. The van der Waals surface area contributed by atoms with Gasteiger partial charge in [-0.3, -0.25) is 4.79 Å². The summed E-state index contributed by atoms with van der Waals surface area (Å²) in [7, 11) is 1.95. The SMILES string of the molecule is Cn1ccnc1[C@H](NC(=O)c1ccc2c(c1)OCCO2)C1CC1. The summed E-state index contributed by atoms with van der Waals surface area (Å²) in [5.74, 6) is 2.58. The number of aryl methyl sites for hydroxylation is 1. The van der Waals surface area contributed by atoms with Crippen LogP contribution in [0.25, 0.3) is 0 Å². The van der Waals surface area contributed by atoms with Gasteiger partial charge < -0.3 is 19.4 Å². The zero-order chi connectivity index (χ0) is 15.8. The molecule has 1 aliphatic heterocycles. The average Bonchev–Trinajstić information content (AvgIpc) is 3.33. The van der Waals surface area contributed by atoms with Crippen LogP contribution in [0.5, 0.6) is 11.5 Å². The molecule has 2 aliphatic rings. The van der Waals surface area contributed by atoms with Crippen LogP contribution in [0.1, 0.15) is 35.1 Å². The molecule has 1 fully saturated rings. The molecule has 0 radical (unpaired) electrons. The highest BCUT2D eigenvalue weighted by Crippen LogP contribution is 2.40. The van der Waals surface area contributed by atoms with Crippen molar-refractivity contribution in [2.45, 2.75) is 18.9 Å². The number of benzene rings is 1. The van der Waals surface area contributed by atoms with Crippen molar-refractivity contribution < 1.29 is 14.3 Å². The van der Waals surface area contributed by atoms with E-state index >= 15 is 0 Å². The number of nitrogens with one attached hydrogen (secondary N) is 1. The summed E-state index contributed by atoms with van der Waals surface area (Å²) in [5.41, 5.74) is 0.578. The Balaban J connectivity index is 1.55. The molecule has 6 heteroatoms. The number of hydrogen-bond acceptors (Lipinski definition) is 4. The van der Waals surface area contributed by atoms with Gasteiger partial charge in [-0.1, -0.05) is 0 Å². The van der Waals surface area contributed by atoms with Crippen molar-refractivity contribution in [3.63, 3.8) is 0 Å². The molecule has 0 bridgehead atoms. The number of rotatable bonds is 4. The van der Waals surface area contributed by atoms with E-state index in [1.807, 2.05) is 17.8 Å². The van der Waals surface area contributed by atoms with Crippen molar-refractivity contribution >= 4 is 5.91 Å². The largest absolute Gasteiger partial charge is 0.486 e. The number of carbonyl (C=O) groups is 1. The maximum atomic E-state index is 12.6. The van der Waals surface area contributed by atoms with Crippen molar-refractivity contribution in [3.05, 3.63) is 42.0 Å². The Hall–Kier alpha value is -2.50. The Labute approximate surface area is 134 Å². The van der Waals surface area contributed by atoms with Crippen molar-refractivity contribution in [3.8, 4) is 11.5 Å². The first kappa shape index (κ1) is 14.1. The fraction of sp³-hybridized carbons (Fsp3) is 0.412. The minimum Gasteiger partial charge on any atom is -0.486 e. The van der Waals surface area contributed by atoms with Crippen LogP contribution in [-0.4, -0.2) is 28.7 Å². The predicted molar refractivity (Wildman–Crippen MR) is 83.6 cm³/mol. The number of nitrogens with zero attached hydrogens (tertiary/aromatic N) is 2. The Morgan fingerprint density at radius 1 is 1.30 bits per heavy atom. The van der Waals surface area contributed by atoms with Crippen LogP contribution in [0, 0.1) is 5.92 Å². The molecule has 0 saturated heterocycles. The van der Waals surface area contributed by atoms with Crippen molar-refractivity contribution in [1.29, 1.82) is 0 Å². The molecule has 1 amide bonds. The third-order valence-electron chi connectivity index (χ3n) is 4.32. The van der Waals surface area contributed by atoms with Crippen molar-refractivity contribution in [2.75, 3.05) is 13.2 Å². The van der Waals surface area contributed by atoms with E-state index in [2.05, 4.69) is 10.3 Å². The molecule has 2 heterocycles. The number of amides is 1. The molecular formula is C17H19N3O3. The maximum Gasteiger partial charge on any atom is 0.252 e. The minimum atomic E-state index is -0.109. The Morgan fingerprint density at radius 2 is 2.09 bits per heavy atom. The maximum absolute atomic E-state index is 12.6. The molecular weight excluding hydrogens is 294 g/mol. The Morgan fingerprint density at radius 3 is 2.78 bits per heavy atom. The van der Waals surface area contributed by atoms with Gasteiger partial charge in [-0.15, -0.1) is 0 Å². The quantitative estimate of drug-likeness (QED) is 0.938. The second-order valence-electron chi connectivity index (χ2n) is 6.04. The van der Waals surface area contributed by atoms with E-state index in [1.165, 1.54) is 0 Å². The summed E-state index contributed by atoms with van der Waals surface area (Å²) in [6.07, 6.45) is 5.92. The molecule has 1 aromatic carbocycles. The van der Waals surface area contributed by atoms with Crippen LogP contribution >= 0.6 is 0 Å². The third kappa shape index (κ3) is 2.76. The normalized spacial score (nSPS) is 17.6. The van der Waals surface area contributed by atoms with Gasteiger partial charge in [0.25, 0.3) is 5.91 Å². The molecule has 4 rings (SSSR count). The summed E-state index contributed by atoms with van der Waals surface area (Å²) in [6.45, 7) is 1.05. The molecule has 2 aromatic rings. The molecule has 1 atom stereocenters. The van der Waals surface area contributed by atoms with Gasteiger partial charge in [-0.05, 0) is 37.0 Å². The number of aromatic nitrogens is 2. The number of hydrogen-bond donors (Lipinski definition) is 1. The third-order valence-corrected chi connectivity index (χ3v) is 4.32. The first-order valence-electron chi connectivity index (χ1n) is 7.90. The molecule has 120 valence electrons. The van der Waals surface area contributed by atoms with Crippen molar-refractivity contribution in [1.82, 2.24) is 14.9 Å². The van der Waals surface area contributed by atoms with E-state index in [4.69, 9.17) is 9.47 Å². The van der Waals surface area contributed by atoms with Crippen LogP contribution < -0.4 is 14.8 Å². The number of ether oxygens (including phenoxy) is 2. The van der Waals surface area contributed by atoms with E-state index in [0.29, 0.717) is 36.2 Å². The van der Waals surface area contributed by atoms with Gasteiger partial charge in [0.15, 0.2) is 11.5 Å². The molecule has 23 heavy (non-hydrogen) atoms. The van der Waals surface area contributed by atoms with Gasteiger partial charge >= 0.3 is 0 Å². The van der Waals surface area contributed by atoms with Crippen LogP contribution in [0.15, 0.2) is 30.6 Å². The molecule has 6 nitrogen and oxygen atoms in total. The van der Waals surface area contributed by atoms with Gasteiger partial charge in [0.05, 0.1) is 6.04 Å². The topological polar surface area (TPSA) is 65.4 Å². The zero-order valence-electron chi connectivity index (χ0n) is 13.0. The lowest BCUT2D eigenvalue weighted by Gasteiger charge is -2.20.